The Kier molecular flexibility index (Phi) is 15.2. The largest absolute Gasteiger partial charge is 0.466 e. The highest BCUT2D eigenvalue weighted by Gasteiger charge is 2.00. The first-order valence-electron chi connectivity index (χ1n) is 8.28. The average Bonchev–Trinajstić information content (AvgIpc) is 2.44. The van der Waals surface area contributed by atoms with Crippen molar-refractivity contribution in [2.24, 2.45) is 0 Å². The number of carbonyl (C=O) groups excluding carboxylic acids is 1. The molecule has 0 fully saturated rings. The lowest BCUT2D eigenvalue weighted by molar-refractivity contribution is -0.143. The summed E-state index contributed by atoms with van der Waals surface area (Å²) in [6.07, 6.45) is 20.2. The molecule has 0 aromatic rings. The molecular formula is C18H32O2. The molecule has 0 saturated heterocycles. The minimum atomic E-state index is -0.0450. The Hall–Kier alpha value is -1.05. The number of hydrogen-bond donors (Lipinski definition) is 0. The lowest BCUT2D eigenvalue weighted by Crippen LogP contribution is -2.03. The van der Waals surface area contributed by atoms with Crippen LogP contribution in [0.5, 0.6) is 0 Å². The molecule has 0 heterocycles. The van der Waals surface area contributed by atoms with Crippen molar-refractivity contribution in [1.29, 1.82) is 0 Å². The van der Waals surface area contributed by atoms with Crippen LogP contribution < -0.4 is 0 Å². The van der Waals surface area contributed by atoms with Crippen LogP contribution >= 0.6 is 0 Å². The van der Waals surface area contributed by atoms with Crippen molar-refractivity contribution < 1.29 is 9.53 Å². The number of ether oxygens (including phenoxy) is 1. The molecule has 0 spiro atoms. The number of rotatable bonds is 13. The van der Waals surface area contributed by atoms with Crippen LogP contribution in [0.25, 0.3) is 0 Å². The Bertz CT molecular complexity index is 267. The summed E-state index contributed by atoms with van der Waals surface area (Å²) in [6, 6.07) is 0. The van der Waals surface area contributed by atoms with Gasteiger partial charge in [-0.1, -0.05) is 63.3 Å². The third-order valence-electron chi connectivity index (χ3n) is 3.18. The van der Waals surface area contributed by atoms with Crippen LogP contribution in [-0.2, 0) is 9.53 Å². The molecular weight excluding hydrogens is 248 g/mol. The van der Waals surface area contributed by atoms with Crippen molar-refractivity contribution >= 4 is 5.97 Å². The van der Waals surface area contributed by atoms with Gasteiger partial charge in [0.1, 0.15) is 0 Å². The summed E-state index contributed by atoms with van der Waals surface area (Å²) in [5.74, 6) is -0.0450. The van der Waals surface area contributed by atoms with Gasteiger partial charge in [-0.25, -0.2) is 0 Å². The first-order valence-corrected chi connectivity index (χ1v) is 8.28. The van der Waals surface area contributed by atoms with E-state index in [1.54, 1.807) is 0 Å². The van der Waals surface area contributed by atoms with Gasteiger partial charge in [0.25, 0.3) is 0 Å². The molecule has 0 saturated carbocycles. The smallest absolute Gasteiger partial charge is 0.305 e. The lowest BCUT2D eigenvalue weighted by atomic mass is 10.1. The van der Waals surface area contributed by atoms with Crippen LogP contribution in [-0.4, -0.2) is 12.6 Å². The van der Waals surface area contributed by atoms with Crippen molar-refractivity contribution in [3.63, 3.8) is 0 Å². The molecule has 0 aliphatic carbocycles. The van der Waals surface area contributed by atoms with Gasteiger partial charge in [0.15, 0.2) is 0 Å². The molecule has 0 bridgehead atoms. The molecule has 0 rings (SSSR count). The van der Waals surface area contributed by atoms with Crippen LogP contribution in [0.3, 0.4) is 0 Å². The zero-order chi connectivity index (χ0) is 14.9. The van der Waals surface area contributed by atoms with Gasteiger partial charge < -0.3 is 4.74 Å². The van der Waals surface area contributed by atoms with E-state index in [-0.39, 0.29) is 5.97 Å². The number of hydrogen-bond acceptors (Lipinski definition) is 2. The van der Waals surface area contributed by atoms with E-state index < -0.39 is 0 Å². The highest BCUT2D eigenvalue weighted by molar-refractivity contribution is 5.69. The first kappa shape index (κ1) is 18.9. The van der Waals surface area contributed by atoms with E-state index in [2.05, 4.69) is 31.2 Å². The number of carbonyl (C=O) groups is 1. The fourth-order valence-corrected chi connectivity index (χ4v) is 2.04. The van der Waals surface area contributed by atoms with E-state index in [4.69, 9.17) is 4.74 Å². The fraction of sp³-hybridized carbons (Fsp3) is 0.722. The molecule has 20 heavy (non-hydrogen) atoms. The van der Waals surface area contributed by atoms with Gasteiger partial charge in [-0.2, -0.15) is 0 Å². The quantitative estimate of drug-likeness (QED) is 0.250. The predicted octanol–water partition coefficient (Wildman–Crippen LogP) is 5.58. The normalized spacial score (nSPS) is 11.5. The molecule has 0 radical (unpaired) electrons. The summed E-state index contributed by atoms with van der Waals surface area (Å²) in [5, 5.41) is 0. The lowest BCUT2D eigenvalue weighted by Gasteiger charge is -2.02. The maximum atomic E-state index is 11.1. The fourth-order valence-electron chi connectivity index (χ4n) is 2.04. The number of esters is 1. The minimum Gasteiger partial charge on any atom is -0.466 e. The van der Waals surface area contributed by atoms with E-state index in [0.29, 0.717) is 13.0 Å². The van der Waals surface area contributed by atoms with E-state index in [1.807, 2.05) is 6.92 Å². The van der Waals surface area contributed by atoms with Crippen LogP contribution in [0.15, 0.2) is 24.3 Å². The van der Waals surface area contributed by atoms with Crippen LogP contribution in [0.1, 0.15) is 78.1 Å². The summed E-state index contributed by atoms with van der Waals surface area (Å²) in [7, 11) is 0. The molecule has 0 aliphatic heterocycles. The van der Waals surface area contributed by atoms with Crippen molar-refractivity contribution in [3.05, 3.63) is 24.3 Å². The van der Waals surface area contributed by atoms with Crippen molar-refractivity contribution in [2.75, 3.05) is 6.61 Å². The average molecular weight is 280 g/mol. The van der Waals surface area contributed by atoms with E-state index in [9.17, 15) is 4.79 Å². The minimum absolute atomic E-state index is 0.0450. The van der Waals surface area contributed by atoms with Gasteiger partial charge in [0.05, 0.1) is 6.61 Å². The first-order chi connectivity index (χ1) is 9.81. The molecule has 0 aliphatic rings. The van der Waals surface area contributed by atoms with E-state index in [0.717, 1.165) is 19.3 Å². The highest BCUT2D eigenvalue weighted by Crippen LogP contribution is 2.10. The Morgan fingerprint density at radius 2 is 1.45 bits per heavy atom. The van der Waals surface area contributed by atoms with Crippen LogP contribution in [0.2, 0.25) is 0 Å². The maximum absolute atomic E-state index is 11.1. The van der Waals surface area contributed by atoms with E-state index in [1.165, 1.54) is 38.5 Å². The molecule has 2 heteroatoms. The third-order valence-corrected chi connectivity index (χ3v) is 3.18. The second kappa shape index (κ2) is 16.0. The molecule has 0 N–H and O–H groups in total. The predicted molar refractivity (Wildman–Crippen MR) is 86.8 cm³/mol. The number of allylic oxidation sites excluding steroid dienone is 4. The zero-order valence-electron chi connectivity index (χ0n) is 13.4. The summed E-state index contributed by atoms with van der Waals surface area (Å²) >= 11 is 0. The summed E-state index contributed by atoms with van der Waals surface area (Å²) < 4.78 is 4.90. The number of unbranched alkanes of at least 4 members (excludes halogenated alkanes) is 7. The molecule has 2 nitrogen and oxygen atoms in total. The summed E-state index contributed by atoms with van der Waals surface area (Å²) in [4.78, 5) is 11.1. The van der Waals surface area contributed by atoms with Crippen LogP contribution in [0.4, 0.5) is 0 Å². The Morgan fingerprint density at radius 3 is 2.10 bits per heavy atom. The van der Waals surface area contributed by atoms with Gasteiger partial charge in [0, 0.05) is 6.42 Å². The third kappa shape index (κ3) is 15.0. The summed E-state index contributed by atoms with van der Waals surface area (Å²) in [6.45, 7) is 4.51. The molecule has 0 unspecified atom stereocenters. The SMILES string of the molecule is CCC=CC=CCCCCCCCCCC(=O)OCC. The van der Waals surface area contributed by atoms with Crippen LogP contribution in [0, 0.1) is 0 Å². The molecule has 0 amide bonds. The van der Waals surface area contributed by atoms with Gasteiger partial charge in [-0.05, 0) is 32.6 Å². The van der Waals surface area contributed by atoms with E-state index >= 15 is 0 Å². The van der Waals surface area contributed by atoms with Gasteiger partial charge in [-0.3, -0.25) is 4.79 Å². The Labute approximate surface area is 125 Å². The van der Waals surface area contributed by atoms with Crippen molar-refractivity contribution in [3.8, 4) is 0 Å². The Morgan fingerprint density at radius 1 is 0.850 bits per heavy atom. The second-order valence-corrected chi connectivity index (χ2v) is 5.08. The van der Waals surface area contributed by atoms with Gasteiger partial charge in [0.2, 0.25) is 0 Å². The molecule has 0 aromatic carbocycles. The van der Waals surface area contributed by atoms with Gasteiger partial charge >= 0.3 is 5.97 Å². The topological polar surface area (TPSA) is 26.3 Å². The molecule has 0 atom stereocenters. The molecule has 0 aromatic heterocycles. The van der Waals surface area contributed by atoms with Gasteiger partial charge in [-0.15, -0.1) is 0 Å². The Balaban J connectivity index is 3.15. The highest BCUT2D eigenvalue weighted by atomic mass is 16.5. The molecule has 116 valence electrons. The van der Waals surface area contributed by atoms with Crippen molar-refractivity contribution in [1.82, 2.24) is 0 Å². The standard InChI is InChI=1S/C18H32O2/c1-3-5-6-7-8-9-10-11-12-13-14-15-16-17-18(19)20-4-2/h5-8H,3-4,9-17H2,1-2H3. The monoisotopic (exact) mass is 280 g/mol. The van der Waals surface area contributed by atoms with Crippen molar-refractivity contribution in [2.45, 2.75) is 78.1 Å². The summed E-state index contributed by atoms with van der Waals surface area (Å²) in [5.41, 5.74) is 0. The maximum Gasteiger partial charge on any atom is 0.305 e. The second-order valence-electron chi connectivity index (χ2n) is 5.08. The zero-order valence-corrected chi connectivity index (χ0v) is 13.4.